The summed E-state index contributed by atoms with van der Waals surface area (Å²) in [6.45, 7) is 8.91. The number of benzene rings is 1. The summed E-state index contributed by atoms with van der Waals surface area (Å²) in [5.41, 5.74) is 2.67. The maximum Gasteiger partial charge on any atom is 0.0361 e. The van der Waals surface area contributed by atoms with Gasteiger partial charge in [0.15, 0.2) is 0 Å². The van der Waals surface area contributed by atoms with E-state index in [0.29, 0.717) is 5.92 Å². The lowest BCUT2D eigenvalue weighted by molar-refractivity contribution is 0.529. The molecule has 0 saturated carbocycles. The third kappa shape index (κ3) is 4.78. The summed E-state index contributed by atoms with van der Waals surface area (Å²) in [4.78, 5) is 2.13. The topological polar surface area (TPSA) is 15.3 Å². The molecule has 0 saturated heterocycles. The molecule has 17 heavy (non-hydrogen) atoms. The standard InChI is InChI=1S/C15H26N2/c1-12(2)10-16-11-13(3)14-6-8-15(9-7-14)17(4)5/h6-9,12-13,16H,10-11H2,1-5H3. The average molecular weight is 234 g/mol. The van der Waals surface area contributed by atoms with Gasteiger partial charge in [-0.1, -0.05) is 32.9 Å². The molecular formula is C15H26N2. The first-order valence-electron chi connectivity index (χ1n) is 6.48. The first-order valence-corrected chi connectivity index (χ1v) is 6.48. The fourth-order valence-corrected chi connectivity index (χ4v) is 1.81. The molecule has 0 aliphatic heterocycles. The Morgan fingerprint density at radius 1 is 1.00 bits per heavy atom. The molecule has 1 unspecified atom stereocenters. The van der Waals surface area contributed by atoms with E-state index in [1.807, 2.05) is 0 Å². The molecule has 0 aliphatic carbocycles. The summed E-state index contributed by atoms with van der Waals surface area (Å²) in [6.07, 6.45) is 0. The molecule has 0 fully saturated rings. The van der Waals surface area contributed by atoms with Crippen LogP contribution < -0.4 is 10.2 Å². The molecule has 0 radical (unpaired) electrons. The third-order valence-electron chi connectivity index (χ3n) is 2.98. The van der Waals surface area contributed by atoms with Crippen LogP contribution in [0.15, 0.2) is 24.3 Å². The normalized spacial score (nSPS) is 12.8. The summed E-state index contributed by atoms with van der Waals surface area (Å²) in [5.74, 6) is 1.29. The minimum atomic E-state index is 0.574. The molecule has 1 aromatic rings. The van der Waals surface area contributed by atoms with E-state index in [1.54, 1.807) is 0 Å². The molecule has 0 heterocycles. The highest BCUT2D eigenvalue weighted by atomic mass is 15.1. The molecule has 0 amide bonds. The Morgan fingerprint density at radius 3 is 2.06 bits per heavy atom. The molecule has 2 nitrogen and oxygen atoms in total. The van der Waals surface area contributed by atoms with Crippen molar-refractivity contribution in [3.63, 3.8) is 0 Å². The highest BCUT2D eigenvalue weighted by Gasteiger charge is 2.05. The molecular weight excluding hydrogens is 208 g/mol. The van der Waals surface area contributed by atoms with Crippen molar-refractivity contribution in [3.8, 4) is 0 Å². The largest absolute Gasteiger partial charge is 0.378 e. The lowest BCUT2D eigenvalue weighted by Gasteiger charge is -2.17. The predicted molar refractivity (Wildman–Crippen MR) is 76.9 cm³/mol. The molecule has 0 spiro atoms. The van der Waals surface area contributed by atoms with Gasteiger partial charge in [0, 0.05) is 26.3 Å². The first kappa shape index (κ1) is 14.0. The average Bonchev–Trinajstić information content (AvgIpc) is 2.28. The van der Waals surface area contributed by atoms with Gasteiger partial charge >= 0.3 is 0 Å². The van der Waals surface area contributed by atoms with Gasteiger partial charge in [0.2, 0.25) is 0 Å². The minimum absolute atomic E-state index is 0.574. The van der Waals surface area contributed by atoms with Crippen LogP contribution >= 0.6 is 0 Å². The lowest BCUT2D eigenvalue weighted by Crippen LogP contribution is -2.24. The highest BCUT2D eigenvalue weighted by Crippen LogP contribution is 2.18. The van der Waals surface area contributed by atoms with E-state index in [1.165, 1.54) is 11.3 Å². The predicted octanol–water partition coefficient (Wildman–Crippen LogP) is 3.10. The molecule has 1 atom stereocenters. The second kappa shape index (κ2) is 6.65. The summed E-state index contributed by atoms with van der Waals surface area (Å²) < 4.78 is 0. The van der Waals surface area contributed by atoms with Crippen molar-refractivity contribution in [1.82, 2.24) is 5.32 Å². The summed E-state index contributed by atoms with van der Waals surface area (Å²) in [5, 5.41) is 3.51. The molecule has 0 aliphatic rings. The Hall–Kier alpha value is -1.02. The Morgan fingerprint density at radius 2 is 1.59 bits per heavy atom. The first-order chi connectivity index (χ1) is 8.00. The third-order valence-corrected chi connectivity index (χ3v) is 2.98. The Kier molecular flexibility index (Phi) is 5.49. The Balaban J connectivity index is 2.48. The molecule has 96 valence electrons. The van der Waals surface area contributed by atoms with Crippen molar-refractivity contribution in [3.05, 3.63) is 29.8 Å². The van der Waals surface area contributed by atoms with Gasteiger partial charge in [-0.3, -0.25) is 0 Å². The zero-order valence-electron chi connectivity index (χ0n) is 11.8. The van der Waals surface area contributed by atoms with E-state index in [9.17, 15) is 0 Å². The molecule has 0 bridgehead atoms. The van der Waals surface area contributed by atoms with Gasteiger partial charge in [0.1, 0.15) is 0 Å². The zero-order valence-corrected chi connectivity index (χ0v) is 11.8. The highest BCUT2D eigenvalue weighted by molar-refractivity contribution is 5.46. The maximum atomic E-state index is 3.51. The lowest BCUT2D eigenvalue weighted by atomic mass is 10.0. The molecule has 2 heteroatoms. The van der Waals surface area contributed by atoms with Gasteiger partial charge in [0.05, 0.1) is 0 Å². The van der Waals surface area contributed by atoms with Gasteiger partial charge in [-0.2, -0.15) is 0 Å². The quantitative estimate of drug-likeness (QED) is 0.813. The summed E-state index contributed by atoms with van der Waals surface area (Å²) >= 11 is 0. The molecule has 0 aromatic heterocycles. The van der Waals surface area contributed by atoms with E-state index in [4.69, 9.17) is 0 Å². The summed E-state index contributed by atoms with van der Waals surface area (Å²) in [7, 11) is 4.14. The Bertz CT molecular complexity index is 314. The number of hydrogen-bond acceptors (Lipinski definition) is 2. The van der Waals surface area contributed by atoms with Gasteiger partial charge in [-0.15, -0.1) is 0 Å². The van der Waals surface area contributed by atoms with Crippen molar-refractivity contribution in [2.45, 2.75) is 26.7 Å². The number of nitrogens with zero attached hydrogens (tertiary/aromatic N) is 1. The van der Waals surface area contributed by atoms with Crippen molar-refractivity contribution >= 4 is 5.69 Å². The van der Waals surface area contributed by atoms with Crippen molar-refractivity contribution < 1.29 is 0 Å². The smallest absolute Gasteiger partial charge is 0.0361 e. The monoisotopic (exact) mass is 234 g/mol. The van der Waals surface area contributed by atoms with Crippen LogP contribution in [0, 0.1) is 5.92 Å². The van der Waals surface area contributed by atoms with Gasteiger partial charge in [-0.05, 0) is 36.1 Å². The molecule has 1 N–H and O–H groups in total. The van der Waals surface area contributed by atoms with Crippen molar-refractivity contribution in [2.75, 3.05) is 32.1 Å². The van der Waals surface area contributed by atoms with E-state index >= 15 is 0 Å². The second-order valence-corrected chi connectivity index (χ2v) is 5.44. The maximum absolute atomic E-state index is 3.51. The molecule has 1 aromatic carbocycles. The zero-order chi connectivity index (χ0) is 12.8. The van der Waals surface area contributed by atoms with Crippen LogP contribution in [0.2, 0.25) is 0 Å². The molecule has 1 rings (SSSR count). The van der Waals surface area contributed by atoms with E-state index in [0.717, 1.165) is 19.0 Å². The minimum Gasteiger partial charge on any atom is -0.378 e. The van der Waals surface area contributed by atoms with Crippen LogP contribution in [0.25, 0.3) is 0 Å². The van der Waals surface area contributed by atoms with Crippen molar-refractivity contribution in [1.29, 1.82) is 0 Å². The van der Waals surface area contributed by atoms with Crippen LogP contribution in [-0.2, 0) is 0 Å². The fraction of sp³-hybridized carbons (Fsp3) is 0.600. The van der Waals surface area contributed by atoms with E-state index < -0.39 is 0 Å². The fourth-order valence-electron chi connectivity index (χ4n) is 1.81. The van der Waals surface area contributed by atoms with Gasteiger partial charge in [0.25, 0.3) is 0 Å². The van der Waals surface area contributed by atoms with Crippen LogP contribution in [0.3, 0.4) is 0 Å². The Labute approximate surface area is 106 Å². The van der Waals surface area contributed by atoms with E-state index in [2.05, 4.69) is 69.3 Å². The number of rotatable bonds is 6. The van der Waals surface area contributed by atoms with Crippen molar-refractivity contribution in [2.24, 2.45) is 5.92 Å². The van der Waals surface area contributed by atoms with Crippen LogP contribution in [0.1, 0.15) is 32.3 Å². The number of nitrogens with one attached hydrogen (secondary N) is 1. The second-order valence-electron chi connectivity index (χ2n) is 5.44. The SMILES string of the molecule is CC(C)CNCC(C)c1ccc(N(C)C)cc1. The van der Waals surface area contributed by atoms with Gasteiger partial charge < -0.3 is 10.2 Å². The van der Waals surface area contributed by atoms with E-state index in [-0.39, 0.29) is 0 Å². The van der Waals surface area contributed by atoms with Gasteiger partial charge in [-0.25, -0.2) is 0 Å². The van der Waals surface area contributed by atoms with Crippen LogP contribution in [0.5, 0.6) is 0 Å². The number of hydrogen-bond donors (Lipinski definition) is 1. The van der Waals surface area contributed by atoms with Crippen LogP contribution in [0.4, 0.5) is 5.69 Å². The number of anilines is 1. The summed E-state index contributed by atoms with van der Waals surface area (Å²) in [6, 6.07) is 8.84. The van der Waals surface area contributed by atoms with Crippen LogP contribution in [-0.4, -0.2) is 27.2 Å².